The van der Waals surface area contributed by atoms with Gasteiger partial charge in [-0.25, -0.2) is 0 Å². The standard InChI is InChI=1S/C14H10ClN3OS/c15-11-4-1-9(2-5-11)12-6-3-10(7-16)14(19)18(12)8-13(17)20/h1-6H,8H2,(H2,17,20). The minimum Gasteiger partial charge on any atom is -0.392 e. The number of aromatic nitrogens is 1. The summed E-state index contributed by atoms with van der Waals surface area (Å²) in [5.74, 6) is 0. The van der Waals surface area contributed by atoms with Crippen LogP contribution in [-0.2, 0) is 6.54 Å². The highest BCUT2D eigenvalue weighted by Crippen LogP contribution is 2.20. The maximum absolute atomic E-state index is 12.2. The SMILES string of the molecule is N#Cc1ccc(-c2ccc(Cl)cc2)n(CC(N)=S)c1=O. The Kier molecular flexibility index (Phi) is 4.18. The zero-order valence-corrected chi connectivity index (χ0v) is 11.9. The molecule has 0 saturated carbocycles. The van der Waals surface area contributed by atoms with E-state index in [-0.39, 0.29) is 17.1 Å². The number of halogens is 1. The van der Waals surface area contributed by atoms with Crippen molar-refractivity contribution in [3.05, 3.63) is 57.3 Å². The highest BCUT2D eigenvalue weighted by atomic mass is 35.5. The summed E-state index contributed by atoms with van der Waals surface area (Å²) in [6.07, 6.45) is 0. The molecular weight excluding hydrogens is 294 g/mol. The van der Waals surface area contributed by atoms with E-state index in [4.69, 9.17) is 34.8 Å². The molecule has 0 aliphatic carbocycles. The summed E-state index contributed by atoms with van der Waals surface area (Å²) in [7, 11) is 0. The molecule has 0 saturated heterocycles. The molecule has 20 heavy (non-hydrogen) atoms. The third-order valence-corrected chi connectivity index (χ3v) is 3.13. The number of hydrogen-bond acceptors (Lipinski definition) is 3. The first kappa shape index (κ1) is 14.3. The summed E-state index contributed by atoms with van der Waals surface area (Å²) in [6.45, 7) is 0.0850. The average molecular weight is 304 g/mol. The molecule has 0 amide bonds. The van der Waals surface area contributed by atoms with Crippen molar-refractivity contribution in [2.75, 3.05) is 0 Å². The fourth-order valence-electron chi connectivity index (χ4n) is 1.85. The van der Waals surface area contributed by atoms with Gasteiger partial charge in [0.05, 0.1) is 17.2 Å². The molecule has 0 unspecified atom stereocenters. The Bertz CT molecular complexity index is 759. The fourth-order valence-corrected chi connectivity index (χ4v) is 2.10. The van der Waals surface area contributed by atoms with Gasteiger partial charge in [0.25, 0.3) is 5.56 Å². The lowest BCUT2D eigenvalue weighted by molar-refractivity contribution is 0.814. The number of thiocarbonyl (C=S) groups is 1. The molecule has 0 spiro atoms. The third kappa shape index (κ3) is 2.87. The maximum Gasteiger partial charge on any atom is 0.269 e. The van der Waals surface area contributed by atoms with Crippen molar-refractivity contribution in [2.45, 2.75) is 6.54 Å². The molecule has 0 aliphatic rings. The van der Waals surface area contributed by atoms with Gasteiger partial charge < -0.3 is 10.3 Å². The van der Waals surface area contributed by atoms with E-state index < -0.39 is 5.56 Å². The summed E-state index contributed by atoms with van der Waals surface area (Å²) >= 11 is 10.7. The summed E-state index contributed by atoms with van der Waals surface area (Å²) < 4.78 is 1.39. The number of pyridine rings is 1. The van der Waals surface area contributed by atoms with Crippen LogP contribution in [0.3, 0.4) is 0 Å². The second-order valence-electron chi connectivity index (χ2n) is 4.11. The molecule has 2 N–H and O–H groups in total. The van der Waals surface area contributed by atoms with E-state index in [1.807, 2.05) is 6.07 Å². The van der Waals surface area contributed by atoms with Crippen LogP contribution in [0.1, 0.15) is 5.56 Å². The van der Waals surface area contributed by atoms with Gasteiger partial charge in [0.1, 0.15) is 11.6 Å². The van der Waals surface area contributed by atoms with Gasteiger partial charge in [-0.3, -0.25) is 4.79 Å². The van der Waals surface area contributed by atoms with Crippen LogP contribution in [0, 0.1) is 11.3 Å². The number of benzene rings is 1. The number of nitrogens with two attached hydrogens (primary N) is 1. The van der Waals surface area contributed by atoms with Crippen LogP contribution in [0.15, 0.2) is 41.2 Å². The highest BCUT2D eigenvalue weighted by molar-refractivity contribution is 7.80. The minimum absolute atomic E-state index is 0.0546. The molecule has 0 bridgehead atoms. The van der Waals surface area contributed by atoms with E-state index in [2.05, 4.69) is 0 Å². The Hall–Kier alpha value is -2.16. The first-order valence-electron chi connectivity index (χ1n) is 5.71. The highest BCUT2D eigenvalue weighted by Gasteiger charge is 2.11. The third-order valence-electron chi connectivity index (χ3n) is 2.75. The molecule has 1 aromatic carbocycles. The number of nitriles is 1. The molecule has 2 rings (SSSR count). The van der Waals surface area contributed by atoms with Crippen molar-refractivity contribution in [3.63, 3.8) is 0 Å². The lowest BCUT2D eigenvalue weighted by Gasteiger charge is -2.12. The van der Waals surface area contributed by atoms with Gasteiger partial charge in [0.15, 0.2) is 0 Å². The van der Waals surface area contributed by atoms with Gasteiger partial charge in [0, 0.05) is 5.02 Å². The van der Waals surface area contributed by atoms with Crippen molar-refractivity contribution in [1.82, 2.24) is 4.57 Å². The Morgan fingerprint density at radius 2 is 1.95 bits per heavy atom. The van der Waals surface area contributed by atoms with Gasteiger partial charge in [-0.2, -0.15) is 5.26 Å². The van der Waals surface area contributed by atoms with Gasteiger partial charge >= 0.3 is 0 Å². The van der Waals surface area contributed by atoms with Crippen molar-refractivity contribution < 1.29 is 0 Å². The van der Waals surface area contributed by atoms with Gasteiger partial charge in [-0.1, -0.05) is 36.0 Å². The van der Waals surface area contributed by atoms with Crippen molar-refractivity contribution in [1.29, 1.82) is 5.26 Å². The largest absolute Gasteiger partial charge is 0.392 e. The zero-order chi connectivity index (χ0) is 14.7. The molecule has 0 fully saturated rings. The lowest BCUT2D eigenvalue weighted by Crippen LogP contribution is -2.29. The zero-order valence-electron chi connectivity index (χ0n) is 10.3. The van der Waals surface area contributed by atoms with Gasteiger partial charge in [0.2, 0.25) is 0 Å². The van der Waals surface area contributed by atoms with E-state index in [0.29, 0.717) is 10.7 Å². The second-order valence-corrected chi connectivity index (χ2v) is 5.07. The van der Waals surface area contributed by atoms with Crippen LogP contribution < -0.4 is 11.3 Å². The quantitative estimate of drug-likeness (QED) is 0.883. The van der Waals surface area contributed by atoms with Crippen molar-refractivity contribution in [2.24, 2.45) is 5.73 Å². The molecule has 0 aliphatic heterocycles. The van der Waals surface area contributed by atoms with Crippen LogP contribution in [0.25, 0.3) is 11.3 Å². The summed E-state index contributed by atoms with van der Waals surface area (Å²) in [4.78, 5) is 12.4. The number of nitrogens with zero attached hydrogens (tertiary/aromatic N) is 2. The molecule has 100 valence electrons. The number of rotatable bonds is 3. The van der Waals surface area contributed by atoms with Gasteiger partial charge in [-0.05, 0) is 29.8 Å². The van der Waals surface area contributed by atoms with E-state index in [1.54, 1.807) is 30.3 Å². The van der Waals surface area contributed by atoms with E-state index in [9.17, 15) is 4.79 Å². The van der Waals surface area contributed by atoms with Crippen LogP contribution >= 0.6 is 23.8 Å². The molecule has 6 heteroatoms. The van der Waals surface area contributed by atoms with Crippen molar-refractivity contribution >= 4 is 28.8 Å². The Morgan fingerprint density at radius 1 is 1.30 bits per heavy atom. The molecule has 4 nitrogen and oxygen atoms in total. The van der Waals surface area contributed by atoms with E-state index in [0.717, 1.165) is 5.56 Å². The van der Waals surface area contributed by atoms with E-state index in [1.165, 1.54) is 10.6 Å². The Labute approximate surface area is 126 Å². The molecule has 1 heterocycles. The predicted octanol–water partition coefficient (Wildman–Crippen LogP) is 2.33. The van der Waals surface area contributed by atoms with E-state index >= 15 is 0 Å². The first-order chi connectivity index (χ1) is 9.52. The maximum atomic E-state index is 12.2. The topological polar surface area (TPSA) is 71.8 Å². The smallest absolute Gasteiger partial charge is 0.269 e. The molecule has 0 radical (unpaired) electrons. The molecule has 1 aromatic heterocycles. The monoisotopic (exact) mass is 303 g/mol. The second kappa shape index (κ2) is 5.87. The van der Waals surface area contributed by atoms with Crippen molar-refractivity contribution in [3.8, 4) is 17.3 Å². The Balaban J connectivity index is 2.67. The first-order valence-corrected chi connectivity index (χ1v) is 6.49. The Morgan fingerprint density at radius 3 is 2.50 bits per heavy atom. The average Bonchev–Trinajstić information content (AvgIpc) is 2.42. The van der Waals surface area contributed by atoms with Crippen LogP contribution in [0.2, 0.25) is 5.02 Å². The lowest BCUT2D eigenvalue weighted by atomic mass is 10.1. The molecular formula is C14H10ClN3OS. The normalized spacial score (nSPS) is 10.0. The summed E-state index contributed by atoms with van der Waals surface area (Å²) in [6, 6.07) is 12.1. The summed E-state index contributed by atoms with van der Waals surface area (Å²) in [5.41, 5.74) is 6.60. The number of hydrogen-bond donors (Lipinski definition) is 1. The molecule has 2 aromatic rings. The van der Waals surface area contributed by atoms with Gasteiger partial charge in [-0.15, -0.1) is 0 Å². The van der Waals surface area contributed by atoms with Crippen LogP contribution in [-0.4, -0.2) is 9.56 Å². The molecule has 0 atom stereocenters. The minimum atomic E-state index is -0.409. The summed E-state index contributed by atoms with van der Waals surface area (Å²) in [5, 5.41) is 9.53. The van der Waals surface area contributed by atoms with Crippen LogP contribution in [0.5, 0.6) is 0 Å². The van der Waals surface area contributed by atoms with Crippen LogP contribution in [0.4, 0.5) is 0 Å². The fraction of sp³-hybridized carbons (Fsp3) is 0.0714. The predicted molar refractivity (Wildman–Crippen MR) is 82.6 cm³/mol.